The van der Waals surface area contributed by atoms with Gasteiger partial charge in [-0.3, -0.25) is 0 Å². The summed E-state index contributed by atoms with van der Waals surface area (Å²) >= 11 is 0. The Morgan fingerprint density at radius 1 is 1.23 bits per heavy atom. The number of rotatable bonds is 2. The van der Waals surface area contributed by atoms with Gasteiger partial charge in [-0.25, -0.2) is 0 Å². The molecule has 13 heavy (non-hydrogen) atoms. The van der Waals surface area contributed by atoms with Crippen LogP contribution in [0.15, 0.2) is 0 Å². The number of piperidine rings is 1. The lowest BCUT2D eigenvalue weighted by molar-refractivity contribution is -0.943. The fraction of sp³-hybridized carbons (Fsp3) is 1.00. The highest BCUT2D eigenvalue weighted by Gasteiger charge is 2.28. The molecule has 2 saturated heterocycles. The first-order valence-corrected chi connectivity index (χ1v) is 6.04. The van der Waals surface area contributed by atoms with E-state index in [1.165, 1.54) is 51.7 Å². The Kier molecular flexibility index (Phi) is 3.23. The first-order valence-electron chi connectivity index (χ1n) is 6.04. The van der Waals surface area contributed by atoms with Crippen molar-refractivity contribution in [1.29, 1.82) is 0 Å². The van der Waals surface area contributed by atoms with Crippen molar-refractivity contribution in [2.75, 3.05) is 19.6 Å². The molecule has 2 fully saturated rings. The van der Waals surface area contributed by atoms with E-state index in [-0.39, 0.29) is 0 Å². The lowest BCUT2D eigenvalue weighted by Crippen LogP contribution is -3.19. The molecule has 76 valence electrons. The maximum atomic E-state index is 2.56. The molecule has 0 amide bonds. The molecule has 2 heteroatoms. The monoisotopic (exact) mass is 184 g/mol. The summed E-state index contributed by atoms with van der Waals surface area (Å²) in [5.41, 5.74) is 0. The largest absolute Gasteiger partial charge is 0.339 e. The van der Waals surface area contributed by atoms with Crippen LogP contribution in [0.1, 0.15) is 39.0 Å². The number of hydrogen-bond acceptors (Lipinski definition) is 0. The van der Waals surface area contributed by atoms with Gasteiger partial charge in [0.1, 0.15) is 12.6 Å². The highest BCUT2D eigenvalue weighted by atomic mass is 15.2. The first kappa shape index (κ1) is 9.47. The molecular formula is C11H24N2+2. The molecular weight excluding hydrogens is 160 g/mol. The second kappa shape index (κ2) is 4.43. The Labute approximate surface area is 81.7 Å². The Bertz CT molecular complexity index is 152. The highest BCUT2D eigenvalue weighted by Crippen LogP contribution is 2.02. The van der Waals surface area contributed by atoms with E-state index < -0.39 is 0 Å². The van der Waals surface area contributed by atoms with E-state index in [0.29, 0.717) is 0 Å². The van der Waals surface area contributed by atoms with Gasteiger partial charge < -0.3 is 10.2 Å². The van der Waals surface area contributed by atoms with Crippen LogP contribution in [-0.2, 0) is 0 Å². The normalized spacial score (nSPS) is 40.8. The Balaban J connectivity index is 1.78. The van der Waals surface area contributed by atoms with Crippen LogP contribution in [0.3, 0.4) is 0 Å². The predicted octanol–water partition coefficient (Wildman–Crippen LogP) is -0.830. The van der Waals surface area contributed by atoms with Crippen LogP contribution in [0.4, 0.5) is 0 Å². The molecule has 2 rings (SSSR count). The lowest BCUT2D eigenvalue weighted by atomic mass is 10.0. The van der Waals surface area contributed by atoms with Crippen molar-refractivity contribution >= 4 is 0 Å². The van der Waals surface area contributed by atoms with Gasteiger partial charge in [0.05, 0.1) is 19.1 Å². The third-order valence-electron chi connectivity index (χ3n) is 3.89. The fourth-order valence-electron chi connectivity index (χ4n) is 2.93. The number of nitrogens with one attached hydrogen (secondary N) is 1. The maximum Gasteiger partial charge on any atom is 0.136 e. The molecule has 3 atom stereocenters. The average Bonchev–Trinajstić information content (AvgIpc) is 2.61. The lowest BCUT2D eigenvalue weighted by Gasteiger charge is -2.31. The van der Waals surface area contributed by atoms with Crippen LogP contribution in [0.25, 0.3) is 0 Å². The molecule has 0 aromatic rings. The van der Waals surface area contributed by atoms with Crippen LogP contribution < -0.4 is 10.2 Å². The Hall–Kier alpha value is -0.0800. The topological polar surface area (TPSA) is 21.1 Å². The van der Waals surface area contributed by atoms with Crippen molar-refractivity contribution in [3.8, 4) is 0 Å². The average molecular weight is 184 g/mol. The van der Waals surface area contributed by atoms with Gasteiger partial charge in [-0.2, -0.15) is 0 Å². The Morgan fingerprint density at radius 2 is 2.15 bits per heavy atom. The van der Waals surface area contributed by atoms with Crippen molar-refractivity contribution in [1.82, 2.24) is 0 Å². The number of hydrogen-bond donors (Lipinski definition) is 2. The van der Waals surface area contributed by atoms with Crippen LogP contribution in [-0.4, -0.2) is 31.7 Å². The molecule has 0 aliphatic carbocycles. The van der Waals surface area contributed by atoms with Gasteiger partial charge in [0.15, 0.2) is 0 Å². The highest BCUT2D eigenvalue weighted by molar-refractivity contribution is 4.61. The summed E-state index contributed by atoms with van der Waals surface area (Å²) in [6.45, 7) is 6.68. The SMILES string of the molecule is C[C@H]1CCCC[NH+]1C[C@@H]1CCC[NH2+]1. The second-order valence-corrected chi connectivity index (χ2v) is 4.94. The molecule has 0 aromatic heterocycles. The number of nitrogens with two attached hydrogens (primary N) is 1. The third-order valence-corrected chi connectivity index (χ3v) is 3.89. The molecule has 2 nitrogen and oxygen atoms in total. The van der Waals surface area contributed by atoms with Gasteiger partial charge in [-0.05, 0) is 26.2 Å². The number of quaternary nitrogens is 2. The Morgan fingerprint density at radius 3 is 2.85 bits per heavy atom. The van der Waals surface area contributed by atoms with E-state index in [1.54, 1.807) is 0 Å². The summed E-state index contributed by atoms with van der Waals surface area (Å²) < 4.78 is 0. The zero-order chi connectivity index (χ0) is 9.10. The van der Waals surface area contributed by atoms with Crippen LogP contribution in [0.5, 0.6) is 0 Å². The van der Waals surface area contributed by atoms with Crippen molar-refractivity contribution in [3.63, 3.8) is 0 Å². The molecule has 2 aliphatic rings. The van der Waals surface area contributed by atoms with E-state index >= 15 is 0 Å². The van der Waals surface area contributed by atoms with E-state index in [2.05, 4.69) is 12.2 Å². The van der Waals surface area contributed by atoms with E-state index in [0.717, 1.165) is 12.1 Å². The minimum atomic E-state index is 0.933. The molecule has 0 saturated carbocycles. The molecule has 2 aliphatic heterocycles. The smallest absolute Gasteiger partial charge is 0.136 e. The summed E-state index contributed by atoms with van der Waals surface area (Å²) in [5.74, 6) is 0. The number of likely N-dealkylation sites (tertiary alicyclic amines) is 1. The summed E-state index contributed by atoms with van der Waals surface area (Å²) in [5, 5.41) is 2.56. The van der Waals surface area contributed by atoms with Gasteiger partial charge in [0.25, 0.3) is 0 Å². The molecule has 3 N–H and O–H groups in total. The van der Waals surface area contributed by atoms with E-state index in [1.807, 2.05) is 4.90 Å². The molecule has 1 unspecified atom stereocenters. The van der Waals surface area contributed by atoms with Gasteiger partial charge in [0.2, 0.25) is 0 Å². The van der Waals surface area contributed by atoms with E-state index in [4.69, 9.17) is 0 Å². The van der Waals surface area contributed by atoms with Gasteiger partial charge >= 0.3 is 0 Å². The van der Waals surface area contributed by atoms with Crippen LogP contribution >= 0.6 is 0 Å². The molecule has 0 aromatic carbocycles. The first-order chi connectivity index (χ1) is 6.36. The van der Waals surface area contributed by atoms with Crippen molar-refractivity contribution in [2.24, 2.45) is 0 Å². The minimum absolute atomic E-state index is 0.933. The minimum Gasteiger partial charge on any atom is -0.339 e. The molecule has 2 heterocycles. The summed E-state index contributed by atoms with van der Waals surface area (Å²) in [7, 11) is 0. The van der Waals surface area contributed by atoms with Gasteiger partial charge in [-0.1, -0.05) is 0 Å². The van der Waals surface area contributed by atoms with Crippen LogP contribution in [0.2, 0.25) is 0 Å². The maximum absolute atomic E-state index is 2.56. The molecule has 0 radical (unpaired) electrons. The predicted molar refractivity (Wildman–Crippen MR) is 53.8 cm³/mol. The zero-order valence-corrected chi connectivity index (χ0v) is 8.89. The van der Waals surface area contributed by atoms with Crippen molar-refractivity contribution in [2.45, 2.75) is 51.1 Å². The third kappa shape index (κ3) is 2.44. The second-order valence-electron chi connectivity index (χ2n) is 4.94. The van der Waals surface area contributed by atoms with Gasteiger partial charge in [-0.15, -0.1) is 0 Å². The quantitative estimate of drug-likeness (QED) is 0.559. The molecule has 0 bridgehead atoms. The van der Waals surface area contributed by atoms with Crippen LogP contribution in [0, 0.1) is 0 Å². The van der Waals surface area contributed by atoms with E-state index in [9.17, 15) is 0 Å². The summed E-state index contributed by atoms with van der Waals surface area (Å²) in [6, 6.07) is 1.89. The van der Waals surface area contributed by atoms with Crippen molar-refractivity contribution in [3.05, 3.63) is 0 Å². The molecule has 0 spiro atoms. The standard InChI is InChI=1S/C11H22N2/c1-10-5-2-3-8-13(10)9-11-6-4-7-12-11/h10-12H,2-9H2,1H3/p+2/t10-,11-/m0/s1. The summed E-state index contributed by atoms with van der Waals surface area (Å²) in [4.78, 5) is 1.88. The summed E-state index contributed by atoms with van der Waals surface area (Å²) in [6.07, 6.45) is 7.32. The van der Waals surface area contributed by atoms with Gasteiger partial charge in [0, 0.05) is 12.8 Å². The van der Waals surface area contributed by atoms with Crippen molar-refractivity contribution < 1.29 is 10.2 Å². The fourth-order valence-corrected chi connectivity index (χ4v) is 2.93. The zero-order valence-electron chi connectivity index (χ0n) is 8.89.